The Morgan fingerprint density at radius 1 is 1.57 bits per heavy atom. The largest absolute Gasteiger partial charge is 0.292 e. The molecule has 0 aliphatic heterocycles. The van der Waals surface area contributed by atoms with Crippen LogP contribution in [0.15, 0.2) is 18.3 Å². The van der Waals surface area contributed by atoms with Gasteiger partial charge in [-0.25, -0.2) is 4.39 Å². The third-order valence-corrected chi connectivity index (χ3v) is 2.15. The lowest BCUT2D eigenvalue weighted by molar-refractivity contribution is 0.0918. The number of carbonyl (C=O) groups is 1. The molecule has 0 saturated heterocycles. The molecule has 14 heavy (non-hydrogen) atoms. The summed E-state index contributed by atoms with van der Waals surface area (Å²) in [4.78, 5) is 15.4. The number of Topliss-reactive ketones (excluding diaryl/α,β-unsaturated/α-hetero) is 1. The van der Waals surface area contributed by atoms with Crippen LogP contribution in [0.1, 0.15) is 37.2 Å². The molecule has 0 N–H and O–H groups in total. The Morgan fingerprint density at radius 2 is 2.29 bits per heavy atom. The summed E-state index contributed by atoms with van der Waals surface area (Å²) in [5.41, 5.74) is 0.354. The van der Waals surface area contributed by atoms with Crippen LogP contribution in [0, 0.1) is 11.7 Å². The van der Waals surface area contributed by atoms with Gasteiger partial charge in [-0.2, -0.15) is 0 Å². The van der Waals surface area contributed by atoms with E-state index in [-0.39, 0.29) is 11.7 Å². The van der Waals surface area contributed by atoms with E-state index in [9.17, 15) is 9.18 Å². The van der Waals surface area contributed by atoms with E-state index in [1.54, 1.807) is 0 Å². The Morgan fingerprint density at radius 3 is 2.79 bits per heavy atom. The van der Waals surface area contributed by atoms with Crippen LogP contribution in [-0.4, -0.2) is 10.8 Å². The number of pyridine rings is 1. The molecule has 1 rings (SSSR count). The number of carbonyl (C=O) groups excluding carboxylic acids is 1. The van der Waals surface area contributed by atoms with Crippen LogP contribution in [0.4, 0.5) is 4.39 Å². The van der Waals surface area contributed by atoms with Gasteiger partial charge in [-0.15, -0.1) is 0 Å². The molecule has 0 fully saturated rings. The van der Waals surface area contributed by atoms with Gasteiger partial charge >= 0.3 is 0 Å². The van der Waals surface area contributed by atoms with E-state index in [1.807, 2.05) is 13.8 Å². The summed E-state index contributed by atoms with van der Waals surface area (Å²) in [5.74, 6) is -0.450. The second kappa shape index (κ2) is 4.84. The molecule has 1 heterocycles. The van der Waals surface area contributed by atoms with Crippen LogP contribution < -0.4 is 0 Å². The molecule has 0 aliphatic rings. The lowest BCUT2D eigenvalue weighted by atomic mass is 9.98. The number of rotatable bonds is 4. The van der Waals surface area contributed by atoms with Gasteiger partial charge < -0.3 is 0 Å². The van der Waals surface area contributed by atoms with Crippen LogP contribution in [0.5, 0.6) is 0 Å². The van der Waals surface area contributed by atoms with Crippen LogP contribution in [0.3, 0.4) is 0 Å². The Bertz CT molecular complexity index is 308. The molecule has 0 amide bonds. The van der Waals surface area contributed by atoms with Crippen molar-refractivity contribution >= 4 is 5.78 Å². The summed E-state index contributed by atoms with van der Waals surface area (Å²) in [6.07, 6.45) is 2.89. The van der Waals surface area contributed by atoms with Gasteiger partial charge in [0.1, 0.15) is 11.5 Å². The predicted octanol–water partition coefficient (Wildman–Crippen LogP) is 2.84. The standard InChI is InChI=1S/C11H14FNO/c1-3-4-8(2)11(14)10-6-5-9(12)7-13-10/h5-8H,3-4H2,1-2H3. The zero-order chi connectivity index (χ0) is 10.6. The summed E-state index contributed by atoms with van der Waals surface area (Å²) in [7, 11) is 0. The number of hydrogen-bond acceptors (Lipinski definition) is 2. The highest BCUT2D eigenvalue weighted by Gasteiger charge is 2.15. The Labute approximate surface area is 83.2 Å². The lowest BCUT2D eigenvalue weighted by Gasteiger charge is -2.07. The second-order valence-corrected chi connectivity index (χ2v) is 3.42. The van der Waals surface area contributed by atoms with E-state index in [2.05, 4.69) is 4.98 Å². The maximum absolute atomic E-state index is 12.5. The zero-order valence-corrected chi connectivity index (χ0v) is 8.46. The van der Waals surface area contributed by atoms with Crippen molar-refractivity contribution in [2.45, 2.75) is 26.7 Å². The molecule has 2 nitrogen and oxygen atoms in total. The van der Waals surface area contributed by atoms with Crippen molar-refractivity contribution in [3.05, 3.63) is 29.8 Å². The highest BCUT2D eigenvalue weighted by molar-refractivity contribution is 5.95. The molecule has 0 aromatic carbocycles. The molecule has 0 bridgehead atoms. The fourth-order valence-electron chi connectivity index (χ4n) is 1.34. The number of halogens is 1. The molecule has 0 aliphatic carbocycles. The molecule has 76 valence electrons. The number of hydrogen-bond donors (Lipinski definition) is 0. The Balaban J connectivity index is 2.74. The van der Waals surface area contributed by atoms with Crippen LogP contribution in [0.2, 0.25) is 0 Å². The zero-order valence-electron chi connectivity index (χ0n) is 8.46. The molecule has 1 unspecified atom stereocenters. The van der Waals surface area contributed by atoms with Gasteiger partial charge in [0.2, 0.25) is 0 Å². The normalized spacial score (nSPS) is 12.5. The van der Waals surface area contributed by atoms with Gasteiger partial charge in [0.05, 0.1) is 6.20 Å². The molecule has 1 aromatic rings. The first-order valence-electron chi connectivity index (χ1n) is 4.81. The van der Waals surface area contributed by atoms with E-state index in [0.29, 0.717) is 5.69 Å². The summed E-state index contributed by atoms with van der Waals surface area (Å²) in [6.45, 7) is 3.90. The average Bonchev–Trinajstić information content (AvgIpc) is 2.18. The topological polar surface area (TPSA) is 30.0 Å². The lowest BCUT2D eigenvalue weighted by Crippen LogP contribution is -2.12. The summed E-state index contributed by atoms with van der Waals surface area (Å²) < 4.78 is 12.5. The maximum Gasteiger partial charge on any atom is 0.183 e. The van der Waals surface area contributed by atoms with Gasteiger partial charge in [-0.05, 0) is 18.6 Å². The average molecular weight is 195 g/mol. The molecular formula is C11H14FNO. The van der Waals surface area contributed by atoms with Crippen molar-refractivity contribution in [1.82, 2.24) is 4.98 Å². The van der Waals surface area contributed by atoms with E-state index in [1.165, 1.54) is 12.1 Å². The summed E-state index contributed by atoms with van der Waals surface area (Å²) >= 11 is 0. The molecule has 0 spiro atoms. The minimum atomic E-state index is -0.412. The van der Waals surface area contributed by atoms with Gasteiger partial charge in [0.25, 0.3) is 0 Å². The minimum absolute atomic E-state index is 0.00755. The number of aromatic nitrogens is 1. The van der Waals surface area contributed by atoms with Crippen LogP contribution >= 0.6 is 0 Å². The first kappa shape index (κ1) is 10.8. The second-order valence-electron chi connectivity index (χ2n) is 3.42. The minimum Gasteiger partial charge on any atom is -0.292 e. The predicted molar refractivity (Wildman–Crippen MR) is 52.6 cm³/mol. The third kappa shape index (κ3) is 2.62. The van der Waals surface area contributed by atoms with Crippen molar-refractivity contribution in [2.24, 2.45) is 5.92 Å². The number of ketones is 1. The molecule has 0 saturated carbocycles. The number of nitrogens with zero attached hydrogens (tertiary/aromatic N) is 1. The van der Waals surface area contributed by atoms with Crippen molar-refractivity contribution in [2.75, 3.05) is 0 Å². The monoisotopic (exact) mass is 195 g/mol. The Kier molecular flexibility index (Phi) is 3.74. The van der Waals surface area contributed by atoms with E-state index in [0.717, 1.165) is 19.0 Å². The maximum atomic E-state index is 12.5. The summed E-state index contributed by atoms with van der Waals surface area (Å²) in [6, 6.07) is 2.70. The van der Waals surface area contributed by atoms with Crippen molar-refractivity contribution in [3.8, 4) is 0 Å². The van der Waals surface area contributed by atoms with Gasteiger partial charge in [-0.1, -0.05) is 20.3 Å². The smallest absolute Gasteiger partial charge is 0.183 e. The van der Waals surface area contributed by atoms with Gasteiger partial charge in [-0.3, -0.25) is 9.78 Å². The molecule has 1 aromatic heterocycles. The van der Waals surface area contributed by atoms with Gasteiger partial charge in [0, 0.05) is 5.92 Å². The van der Waals surface area contributed by atoms with Crippen molar-refractivity contribution in [3.63, 3.8) is 0 Å². The highest BCUT2D eigenvalue weighted by Crippen LogP contribution is 2.12. The molecule has 0 radical (unpaired) electrons. The van der Waals surface area contributed by atoms with Crippen molar-refractivity contribution in [1.29, 1.82) is 0 Å². The molecule has 1 atom stereocenters. The Hall–Kier alpha value is -1.25. The summed E-state index contributed by atoms with van der Waals surface area (Å²) in [5, 5.41) is 0. The fraction of sp³-hybridized carbons (Fsp3) is 0.455. The van der Waals surface area contributed by atoms with Crippen LogP contribution in [0.25, 0.3) is 0 Å². The fourth-order valence-corrected chi connectivity index (χ4v) is 1.34. The molecular weight excluding hydrogens is 181 g/mol. The van der Waals surface area contributed by atoms with Gasteiger partial charge in [0.15, 0.2) is 5.78 Å². The van der Waals surface area contributed by atoms with E-state index < -0.39 is 5.82 Å². The highest BCUT2D eigenvalue weighted by atomic mass is 19.1. The first-order chi connectivity index (χ1) is 6.65. The third-order valence-electron chi connectivity index (χ3n) is 2.15. The molecule has 3 heteroatoms. The van der Waals surface area contributed by atoms with Crippen LogP contribution in [-0.2, 0) is 0 Å². The van der Waals surface area contributed by atoms with Crippen molar-refractivity contribution < 1.29 is 9.18 Å². The van der Waals surface area contributed by atoms with E-state index >= 15 is 0 Å². The first-order valence-corrected chi connectivity index (χ1v) is 4.81. The quantitative estimate of drug-likeness (QED) is 0.691. The SMILES string of the molecule is CCCC(C)C(=O)c1ccc(F)cn1. The van der Waals surface area contributed by atoms with E-state index in [4.69, 9.17) is 0 Å².